The predicted molar refractivity (Wildman–Crippen MR) is 92.3 cm³/mol. The van der Waals surface area contributed by atoms with E-state index >= 15 is 0 Å². The molecule has 1 aromatic heterocycles. The molecule has 0 bridgehead atoms. The largest absolute Gasteiger partial charge is 0.329 e. The van der Waals surface area contributed by atoms with Crippen LogP contribution in [0.2, 0.25) is 0 Å². The van der Waals surface area contributed by atoms with E-state index in [4.69, 9.17) is 0 Å². The second kappa shape index (κ2) is 6.96. The normalized spacial score (nSPS) is 15.4. The van der Waals surface area contributed by atoms with Crippen LogP contribution in [0, 0.1) is 6.92 Å². The number of benzene rings is 1. The van der Waals surface area contributed by atoms with Gasteiger partial charge in [0.2, 0.25) is 5.91 Å². The third-order valence-electron chi connectivity index (χ3n) is 3.59. The molecule has 7 heteroatoms. The molecule has 4 amide bonds. The Morgan fingerprint density at radius 2 is 2.00 bits per heavy atom. The fraction of sp³-hybridized carbons (Fsp3) is 0.111. The van der Waals surface area contributed by atoms with Crippen molar-refractivity contribution in [3.05, 3.63) is 65.6 Å². The molecule has 0 spiro atoms. The summed E-state index contributed by atoms with van der Waals surface area (Å²) in [5.74, 6) is -0.997. The molecular weight excluding hydrogens is 320 g/mol. The first-order valence-electron chi connectivity index (χ1n) is 7.64. The van der Waals surface area contributed by atoms with Crippen molar-refractivity contribution < 1.29 is 14.4 Å². The van der Waals surface area contributed by atoms with Gasteiger partial charge >= 0.3 is 6.03 Å². The Bertz CT molecular complexity index is 844. The highest BCUT2D eigenvalue weighted by Crippen LogP contribution is 2.14. The van der Waals surface area contributed by atoms with Crippen LogP contribution in [0.1, 0.15) is 11.1 Å². The molecule has 0 saturated carbocycles. The number of pyridine rings is 1. The molecule has 0 atom stereocenters. The fourth-order valence-electron chi connectivity index (χ4n) is 2.32. The van der Waals surface area contributed by atoms with Crippen molar-refractivity contribution in [2.45, 2.75) is 6.92 Å². The van der Waals surface area contributed by atoms with Gasteiger partial charge in [-0.3, -0.25) is 14.6 Å². The zero-order valence-electron chi connectivity index (χ0n) is 13.5. The number of hydrogen-bond donors (Lipinski definition) is 2. The number of nitrogens with zero attached hydrogens (tertiary/aromatic N) is 2. The van der Waals surface area contributed by atoms with E-state index in [0.29, 0.717) is 11.3 Å². The highest BCUT2D eigenvalue weighted by molar-refractivity contribution is 6.15. The molecule has 0 radical (unpaired) electrons. The molecule has 1 aliphatic heterocycles. The molecule has 1 aliphatic rings. The number of nitrogens with one attached hydrogen (secondary N) is 2. The van der Waals surface area contributed by atoms with E-state index < -0.39 is 17.8 Å². The minimum Gasteiger partial charge on any atom is -0.325 e. The van der Waals surface area contributed by atoms with Crippen molar-refractivity contribution >= 4 is 29.6 Å². The van der Waals surface area contributed by atoms with E-state index in [1.807, 2.05) is 19.1 Å². The van der Waals surface area contributed by atoms with Crippen LogP contribution < -0.4 is 10.6 Å². The summed E-state index contributed by atoms with van der Waals surface area (Å²) in [6.07, 6.45) is 4.70. The molecule has 2 N–H and O–H groups in total. The number of amides is 4. The van der Waals surface area contributed by atoms with Gasteiger partial charge in [0, 0.05) is 18.1 Å². The van der Waals surface area contributed by atoms with Crippen molar-refractivity contribution in [2.24, 2.45) is 0 Å². The summed E-state index contributed by atoms with van der Waals surface area (Å²) in [6, 6.07) is 10.1. The molecule has 1 aromatic carbocycles. The average molecular weight is 336 g/mol. The van der Waals surface area contributed by atoms with Gasteiger partial charge in [-0.1, -0.05) is 23.8 Å². The predicted octanol–water partition coefficient (Wildman–Crippen LogP) is 1.92. The van der Waals surface area contributed by atoms with Crippen molar-refractivity contribution in [3.63, 3.8) is 0 Å². The zero-order chi connectivity index (χ0) is 17.8. The first-order chi connectivity index (χ1) is 12.0. The molecule has 126 valence electrons. The van der Waals surface area contributed by atoms with Crippen molar-refractivity contribution in [2.75, 3.05) is 11.9 Å². The van der Waals surface area contributed by atoms with Crippen molar-refractivity contribution in [1.29, 1.82) is 0 Å². The molecule has 1 fully saturated rings. The maximum atomic E-state index is 12.3. The molecule has 0 unspecified atom stereocenters. The van der Waals surface area contributed by atoms with Gasteiger partial charge < -0.3 is 10.6 Å². The van der Waals surface area contributed by atoms with Crippen LogP contribution >= 0.6 is 0 Å². The summed E-state index contributed by atoms with van der Waals surface area (Å²) in [4.78, 5) is 41.2. The second-order valence-electron chi connectivity index (χ2n) is 5.58. The van der Waals surface area contributed by atoms with Crippen LogP contribution in [0.3, 0.4) is 0 Å². The Labute approximate surface area is 144 Å². The number of carbonyl (C=O) groups excluding carboxylic acids is 3. The van der Waals surface area contributed by atoms with Crippen LogP contribution in [0.15, 0.2) is 54.5 Å². The van der Waals surface area contributed by atoms with E-state index in [1.54, 1.807) is 36.7 Å². The van der Waals surface area contributed by atoms with Crippen LogP contribution in [-0.4, -0.2) is 34.3 Å². The lowest BCUT2D eigenvalue weighted by molar-refractivity contribution is -0.127. The molecule has 0 aliphatic carbocycles. The third-order valence-corrected chi connectivity index (χ3v) is 3.59. The van der Waals surface area contributed by atoms with Crippen LogP contribution in [-0.2, 0) is 9.59 Å². The summed E-state index contributed by atoms with van der Waals surface area (Å²) in [5, 5.41) is 5.13. The van der Waals surface area contributed by atoms with Crippen LogP contribution in [0.4, 0.5) is 10.5 Å². The first-order valence-corrected chi connectivity index (χ1v) is 7.64. The number of hydrogen-bond acceptors (Lipinski definition) is 4. The van der Waals surface area contributed by atoms with E-state index in [0.717, 1.165) is 10.5 Å². The third kappa shape index (κ3) is 3.89. The Hall–Kier alpha value is -3.48. The maximum Gasteiger partial charge on any atom is 0.329 e. The highest BCUT2D eigenvalue weighted by Gasteiger charge is 2.34. The Kier molecular flexibility index (Phi) is 4.56. The second-order valence-corrected chi connectivity index (χ2v) is 5.58. The van der Waals surface area contributed by atoms with E-state index in [1.165, 1.54) is 6.08 Å². The quantitative estimate of drug-likeness (QED) is 0.659. The molecule has 1 saturated heterocycles. The Balaban J connectivity index is 1.67. The fourth-order valence-corrected chi connectivity index (χ4v) is 2.32. The summed E-state index contributed by atoms with van der Waals surface area (Å²) < 4.78 is 0. The molecule has 7 nitrogen and oxygen atoms in total. The van der Waals surface area contributed by atoms with Gasteiger partial charge in [0.15, 0.2) is 0 Å². The van der Waals surface area contributed by atoms with E-state index in [-0.39, 0.29) is 12.2 Å². The van der Waals surface area contributed by atoms with Crippen LogP contribution in [0.5, 0.6) is 0 Å². The number of carbonyl (C=O) groups is 3. The van der Waals surface area contributed by atoms with Gasteiger partial charge in [0.25, 0.3) is 5.91 Å². The average Bonchev–Trinajstić information content (AvgIpc) is 2.85. The lowest BCUT2D eigenvalue weighted by Crippen LogP contribution is -2.38. The maximum absolute atomic E-state index is 12.3. The van der Waals surface area contributed by atoms with Gasteiger partial charge in [0.1, 0.15) is 12.2 Å². The summed E-state index contributed by atoms with van der Waals surface area (Å²) >= 11 is 0. The lowest BCUT2D eigenvalue weighted by Gasteiger charge is -2.12. The minimum absolute atomic E-state index is 0.112. The smallest absolute Gasteiger partial charge is 0.325 e. The highest BCUT2D eigenvalue weighted by atomic mass is 16.2. The number of aryl methyl sites for hydroxylation is 1. The Morgan fingerprint density at radius 3 is 2.68 bits per heavy atom. The molecule has 3 rings (SSSR count). The van der Waals surface area contributed by atoms with Gasteiger partial charge in [-0.2, -0.15) is 0 Å². The van der Waals surface area contributed by atoms with Gasteiger partial charge in [0.05, 0.1) is 0 Å². The molecular formula is C18H16N4O3. The molecule has 25 heavy (non-hydrogen) atoms. The Morgan fingerprint density at radius 1 is 1.24 bits per heavy atom. The lowest BCUT2D eigenvalue weighted by atomic mass is 10.2. The summed E-state index contributed by atoms with van der Waals surface area (Å²) in [7, 11) is 0. The van der Waals surface area contributed by atoms with Gasteiger partial charge in [-0.25, -0.2) is 9.69 Å². The number of rotatable bonds is 4. The van der Waals surface area contributed by atoms with Crippen molar-refractivity contribution in [3.8, 4) is 0 Å². The zero-order valence-corrected chi connectivity index (χ0v) is 13.5. The van der Waals surface area contributed by atoms with Crippen LogP contribution in [0.25, 0.3) is 6.08 Å². The first kappa shape index (κ1) is 16.4. The number of aromatic nitrogens is 1. The van der Waals surface area contributed by atoms with E-state index in [9.17, 15) is 14.4 Å². The summed E-state index contributed by atoms with van der Waals surface area (Å²) in [5.41, 5.74) is 2.46. The minimum atomic E-state index is -0.626. The van der Waals surface area contributed by atoms with E-state index in [2.05, 4.69) is 15.6 Å². The number of anilines is 1. The standard InChI is InChI=1S/C18H16N4O3/c1-12-4-6-14(7-5-12)20-16(23)11-22-17(24)15(21-18(22)25)9-13-3-2-8-19-10-13/h2-10H,11H2,1H3,(H,20,23)(H,21,25). The number of urea groups is 1. The monoisotopic (exact) mass is 336 g/mol. The molecule has 2 aromatic rings. The van der Waals surface area contributed by atoms with Gasteiger partial charge in [-0.15, -0.1) is 0 Å². The molecule has 2 heterocycles. The SMILES string of the molecule is Cc1ccc(NC(=O)CN2C(=O)NC(=Cc3cccnc3)C2=O)cc1. The van der Waals surface area contributed by atoms with Crippen molar-refractivity contribution in [1.82, 2.24) is 15.2 Å². The van der Waals surface area contributed by atoms with Gasteiger partial charge in [-0.05, 0) is 36.8 Å². The summed E-state index contributed by atoms with van der Waals surface area (Å²) in [6.45, 7) is 1.58. The number of imide groups is 1. The topological polar surface area (TPSA) is 91.4 Å².